The molecule has 0 bridgehead atoms. The molecule has 0 N–H and O–H groups in total. The minimum atomic E-state index is -0.615. The fraction of sp³-hybridized carbons (Fsp3) is 0. The van der Waals surface area contributed by atoms with Gasteiger partial charge in [0.25, 0.3) is 0 Å². The van der Waals surface area contributed by atoms with Gasteiger partial charge in [-0.15, -0.1) is 0 Å². The third kappa shape index (κ3) is 2.76. The van der Waals surface area contributed by atoms with Crippen LogP contribution < -0.4 is 4.74 Å². The number of hydrogen-bond acceptors (Lipinski definition) is 4. The summed E-state index contributed by atoms with van der Waals surface area (Å²) in [6, 6.07) is 3.97. The van der Waals surface area contributed by atoms with Crippen LogP contribution >= 0.6 is 11.6 Å². The van der Waals surface area contributed by atoms with Crippen molar-refractivity contribution in [2.75, 3.05) is 0 Å². The maximum Gasteiger partial charge on any atom is 0.238 e. The minimum absolute atomic E-state index is 0.0354. The summed E-state index contributed by atoms with van der Waals surface area (Å²) < 4.78 is 18.5. The molecule has 4 nitrogen and oxygen atoms in total. The van der Waals surface area contributed by atoms with E-state index in [1.807, 2.05) is 0 Å². The van der Waals surface area contributed by atoms with Gasteiger partial charge in [0.1, 0.15) is 5.69 Å². The van der Waals surface area contributed by atoms with Crippen molar-refractivity contribution in [3.8, 4) is 11.6 Å². The van der Waals surface area contributed by atoms with Crippen molar-refractivity contribution < 1.29 is 13.9 Å². The monoisotopic (exact) mass is 252 g/mol. The highest BCUT2D eigenvalue weighted by Gasteiger charge is 2.07. The summed E-state index contributed by atoms with van der Waals surface area (Å²) in [6.45, 7) is 0. The number of benzene rings is 1. The zero-order valence-corrected chi connectivity index (χ0v) is 9.19. The van der Waals surface area contributed by atoms with E-state index >= 15 is 0 Å². The maximum atomic E-state index is 13.4. The van der Waals surface area contributed by atoms with Crippen LogP contribution in [0.15, 0.2) is 30.6 Å². The van der Waals surface area contributed by atoms with E-state index in [0.29, 0.717) is 6.29 Å². The van der Waals surface area contributed by atoms with Gasteiger partial charge in [0.2, 0.25) is 5.88 Å². The largest absolute Gasteiger partial charge is 0.434 e. The van der Waals surface area contributed by atoms with Crippen molar-refractivity contribution in [3.05, 3.63) is 47.1 Å². The molecule has 0 saturated carbocycles. The Hall–Kier alpha value is -2.01. The average Bonchev–Trinajstić information content (AvgIpc) is 2.33. The molecule has 0 saturated heterocycles. The Balaban J connectivity index is 2.27. The summed E-state index contributed by atoms with van der Waals surface area (Å²) >= 11 is 5.60. The van der Waals surface area contributed by atoms with Gasteiger partial charge in [0.05, 0.1) is 12.4 Å². The molecule has 0 amide bonds. The Morgan fingerprint density at radius 3 is 2.88 bits per heavy atom. The van der Waals surface area contributed by atoms with Gasteiger partial charge in [-0.05, 0) is 18.2 Å². The molecule has 2 rings (SSSR count). The van der Waals surface area contributed by atoms with Gasteiger partial charge in [-0.1, -0.05) is 11.6 Å². The van der Waals surface area contributed by atoms with Gasteiger partial charge in [-0.25, -0.2) is 9.37 Å². The standard InChI is InChI=1S/C11H6ClFN2O2/c12-7-1-2-10(9(13)3-7)17-11-5-14-4-8(6-16)15-11/h1-6H. The first-order valence-electron chi connectivity index (χ1n) is 4.59. The molecule has 0 aliphatic carbocycles. The Kier molecular flexibility index (Phi) is 3.30. The van der Waals surface area contributed by atoms with E-state index < -0.39 is 5.82 Å². The Labute approximate surface area is 101 Å². The zero-order chi connectivity index (χ0) is 12.3. The van der Waals surface area contributed by atoms with Crippen LogP contribution in [0.2, 0.25) is 5.02 Å². The smallest absolute Gasteiger partial charge is 0.238 e. The lowest BCUT2D eigenvalue weighted by atomic mass is 10.3. The molecule has 0 fully saturated rings. The minimum Gasteiger partial charge on any atom is -0.434 e. The van der Waals surface area contributed by atoms with Crippen LogP contribution in [-0.4, -0.2) is 16.3 Å². The molecule has 0 aliphatic rings. The van der Waals surface area contributed by atoms with Crippen LogP contribution in [0.3, 0.4) is 0 Å². The van der Waals surface area contributed by atoms with Crippen LogP contribution in [0.4, 0.5) is 4.39 Å². The second kappa shape index (κ2) is 4.88. The number of ether oxygens (including phenoxy) is 1. The fourth-order valence-electron chi connectivity index (χ4n) is 1.14. The normalized spacial score (nSPS) is 10.0. The van der Waals surface area contributed by atoms with E-state index in [1.54, 1.807) is 0 Å². The van der Waals surface area contributed by atoms with Gasteiger partial charge in [-0.2, -0.15) is 0 Å². The molecule has 0 aliphatic heterocycles. The third-order valence-corrected chi connectivity index (χ3v) is 2.10. The predicted molar refractivity (Wildman–Crippen MR) is 58.9 cm³/mol. The number of aldehydes is 1. The lowest BCUT2D eigenvalue weighted by molar-refractivity contribution is 0.111. The van der Waals surface area contributed by atoms with Crippen LogP contribution in [0.25, 0.3) is 0 Å². The first-order valence-corrected chi connectivity index (χ1v) is 4.97. The van der Waals surface area contributed by atoms with E-state index in [1.165, 1.54) is 24.5 Å². The number of halogens is 2. The van der Waals surface area contributed by atoms with Crippen molar-refractivity contribution >= 4 is 17.9 Å². The van der Waals surface area contributed by atoms with Gasteiger partial charge >= 0.3 is 0 Å². The molecule has 0 atom stereocenters. The molecule has 0 radical (unpaired) electrons. The first-order chi connectivity index (χ1) is 8.19. The maximum absolute atomic E-state index is 13.4. The predicted octanol–water partition coefficient (Wildman–Crippen LogP) is 2.87. The second-order valence-electron chi connectivity index (χ2n) is 3.08. The van der Waals surface area contributed by atoms with Crippen LogP contribution in [0, 0.1) is 5.82 Å². The summed E-state index contributed by atoms with van der Waals surface area (Å²) in [4.78, 5) is 18.0. The molecule has 0 unspecified atom stereocenters. The molecule has 86 valence electrons. The molecule has 1 heterocycles. The molecule has 2 aromatic rings. The highest BCUT2D eigenvalue weighted by molar-refractivity contribution is 6.30. The van der Waals surface area contributed by atoms with Crippen molar-refractivity contribution in [1.29, 1.82) is 0 Å². The molecule has 17 heavy (non-hydrogen) atoms. The Bertz CT molecular complexity index is 563. The fourth-order valence-corrected chi connectivity index (χ4v) is 1.30. The van der Waals surface area contributed by atoms with Crippen molar-refractivity contribution in [2.45, 2.75) is 0 Å². The second-order valence-corrected chi connectivity index (χ2v) is 3.51. The van der Waals surface area contributed by atoms with Crippen LogP contribution in [-0.2, 0) is 0 Å². The van der Waals surface area contributed by atoms with E-state index in [-0.39, 0.29) is 22.3 Å². The average molecular weight is 253 g/mol. The van der Waals surface area contributed by atoms with E-state index in [2.05, 4.69) is 9.97 Å². The summed E-state index contributed by atoms with van der Waals surface area (Å²) in [5.41, 5.74) is 0.108. The SMILES string of the molecule is O=Cc1cncc(Oc2ccc(Cl)cc2F)n1. The van der Waals surface area contributed by atoms with Gasteiger partial charge < -0.3 is 4.74 Å². The van der Waals surface area contributed by atoms with Crippen LogP contribution in [0.1, 0.15) is 10.5 Å². The highest BCUT2D eigenvalue weighted by Crippen LogP contribution is 2.25. The van der Waals surface area contributed by atoms with Gasteiger partial charge in [0.15, 0.2) is 17.9 Å². The quantitative estimate of drug-likeness (QED) is 0.788. The number of carbonyl (C=O) groups is 1. The topological polar surface area (TPSA) is 52.1 Å². The molecular formula is C11H6ClFN2O2. The van der Waals surface area contributed by atoms with E-state index in [0.717, 1.165) is 6.07 Å². The number of hydrogen-bond donors (Lipinski definition) is 0. The first kappa shape index (κ1) is 11.5. The number of rotatable bonds is 3. The van der Waals surface area contributed by atoms with Gasteiger partial charge in [-0.3, -0.25) is 9.78 Å². The van der Waals surface area contributed by atoms with E-state index in [4.69, 9.17) is 16.3 Å². The number of carbonyl (C=O) groups excluding carboxylic acids is 1. The number of aromatic nitrogens is 2. The summed E-state index contributed by atoms with van der Waals surface area (Å²) in [5.74, 6) is -0.613. The van der Waals surface area contributed by atoms with Crippen LogP contribution in [0.5, 0.6) is 11.6 Å². The summed E-state index contributed by atoms with van der Waals surface area (Å²) in [6.07, 6.45) is 3.08. The lowest BCUT2D eigenvalue weighted by Crippen LogP contribution is -1.95. The Morgan fingerprint density at radius 1 is 1.35 bits per heavy atom. The zero-order valence-electron chi connectivity index (χ0n) is 8.43. The van der Waals surface area contributed by atoms with Crippen molar-refractivity contribution in [2.24, 2.45) is 0 Å². The van der Waals surface area contributed by atoms with E-state index in [9.17, 15) is 9.18 Å². The summed E-state index contributed by atoms with van der Waals surface area (Å²) in [7, 11) is 0. The molecular weight excluding hydrogens is 247 g/mol. The lowest BCUT2D eigenvalue weighted by Gasteiger charge is -2.05. The number of nitrogens with zero attached hydrogens (tertiary/aromatic N) is 2. The van der Waals surface area contributed by atoms with Gasteiger partial charge in [0, 0.05) is 5.02 Å². The molecule has 0 spiro atoms. The van der Waals surface area contributed by atoms with Crippen molar-refractivity contribution in [1.82, 2.24) is 9.97 Å². The Morgan fingerprint density at radius 2 is 2.18 bits per heavy atom. The third-order valence-electron chi connectivity index (χ3n) is 1.86. The highest BCUT2D eigenvalue weighted by atomic mass is 35.5. The molecule has 6 heteroatoms. The summed E-state index contributed by atoms with van der Waals surface area (Å²) in [5, 5.41) is 0.266. The molecule has 1 aromatic heterocycles. The van der Waals surface area contributed by atoms with Crippen molar-refractivity contribution in [3.63, 3.8) is 0 Å². The molecule has 1 aromatic carbocycles.